The predicted octanol–water partition coefficient (Wildman–Crippen LogP) is 4.24. The zero-order valence-electron chi connectivity index (χ0n) is 15.9. The van der Waals surface area contributed by atoms with Gasteiger partial charge in [-0.3, -0.25) is 0 Å². The smallest absolute Gasteiger partial charge is 0.183 e. The van der Waals surface area contributed by atoms with Gasteiger partial charge in [-0.1, -0.05) is 0 Å². The van der Waals surface area contributed by atoms with Gasteiger partial charge in [-0.2, -0.15) is 0 Å². The van der Waals surface area contributed by atoms with Gasteiger partial charge in [0.05, 0.1) is 13.2 Å². The Labute approximate surface area is 144 Å². The minimum absolute atomic E-state index is 0.774. The molecule has 1 aromatic carbocycles. The molecule has 6 heteroatoms. The average molecular weight is 355 g/mol. The van der Waals surface area contributed by atoms with Crippen LogP contribution in [-0.4, -0.2) is 50.0 Å². The van der Waals surface area contributed by atoms with E-state index < -0.39 is 16.6 Å². The first kappa shape index (κ1) is 20.2. The Morgan fingerprint density at radius 2 is 1.26 bits per heavy atom. The quantitative estimate of drug-likeness (QED) is 0.637. The molecule has 0 saturated carbocycles. The molecule has 1 rings (SSSR count). The molecule has 23 heavy (non-hydrogen) atoms. The third-order valence-corrected chi connectivity index (χ3v) is 5.45. The molecule has 0 heterocycles. The molecule has 0 fully saturated rings. The van der Waals surface area contributed by atoms with Gasteiger partial charge >= 0.3 is 0 Å². The van der Waals surface area contributed by atoms with Crippen molar-refractivity contribution in [3.05, 3.63) is 24.3 Å². The zero-order chi connectivity index (χ0) is 17.5. The van der Waals surface area contributed by atoms with Gasteiger partial charge in [0.25, 0.3) is 0 Å². The Kier molecular flexibility index (Phi) is 7.80. The molecular weight excluding hydrogens is 320 g/mol. The minimum Gasteiger partial charge on any atom is -0.416 e. The van der Waals surface area contributed by atoms with Crippen LogP contribution in [0.5, 0.6) is 0 Å². The van der Waals surface area contributed by atoms with Gasteiger partial charge in [0.15, 0.2) is 16.6 Å². The van der Waals surface area contributed by atoms with Crippen LogP contribution in [-0.2, 0) is 8.85 Å². The molecule has 0 aromatic heterocycles. The van der Waals surface area contributed by atoms with Crippen LogP contribution in [0.3, 0.4) is 0 Å². The molecule has 0 amide bonds. The minimum atomic E-state index is -1.46. The van der Waals surface area contributed by atoms with Crippen LogP contribution in [0.2, 0.25) is 39.3 Å². The van der Waals surface area contributed by atoms with E-state index in [2.05, 4.69) is 73.8 Å². The Morgan fingerprint density at radius 1 is 0.826 bits per heavy atom. The molecule has 4 nitrogen and oxygen atoms in total. The number of hydrogen-bond acceptors (Lipinski definition) is 4. The first-order valence-corrected chi connectivity index (χ1v) is 15.2. The second kappa shape index (κ2) is 8.87. The van der Waals surface area contributed by atoms with E-state index in [-0.39, 0.29) is 0 Å². The van der Waals surface area contributed by atoms with Crippen LogP contribution in [0.15, 0.2) is 24.3 Å². The van der Waals surface area contributed by atoms with Crippen molar-refractivity contribution in [1.29, 1.82) is 0 Å². The lowest BCUT2D eigenvalue weighted by atomic mass is 10.2. The second-order valence-electron chi connectivity index (χ2n) is 7.71. The van der Waals surface area contributed by atoms with Gasteiger partial charge in [-0.05, 0) is 63.5 Å². The van der Waals surface area contributed by atoms with Crippen molar-refractivity contribution in [3.8, 4) is 0 Å². The normalized spacial score (nSPS) is 12.3. The molecule has 1 N–H and O–H groups in total. The van der Waals surface area contributed by atoms with E-state index in [1.165, 1.54) is 5.69 Å². The summed E-state index contributed by atoms with van der Waals surface area (Å²) in [6, 6.07) is 8.55. The second-order valence-corrected chi connectivity index (χ2v) is 16.7. The summed E-state index contributed by atoms with van der Waals surface area (Å²) in [5.41, 5.74) is 2.35. The largest absolute Gasteiger partial charge is 0.416 e. The maximum absolute atomic E-state index is 6.03. The Morgan fingerprint density at radius 3 is 1.61 bits per heavy atom. The van der Waals surface area contributed by atoms with Crippen molar-refractivity contribution >= 4 is 28.0 Å². The maximum Gasteiger partial charge on any atom is 0.183 e. The predicted molar refractivity (Wildman–Crippen MR) is 107 cm³/mol. The van der Waals surface area contributed by atoms with Crippen molar-refractivity contribution in [2.24, 2.45) is 0 Å². The summed E-state index contributed by atoms with van der Waals surface area (Å²) in [5.74, 6) is 0. The zero-order valence-corrected chi connectivity index (χ0v) is 17.9. The lowest BCUT2D eigenvalue weighted by Crippen LogP contribution is -2.37. The van der Waals surface area contributed by atoms with Gasteiger partial charge < -0.3 is 19.1 Å². The highest BCUT2D eigenvalue weighted by Gasteiger charge is 2.17. The van der Waals surface area contributed by atoms with Gasteiger partial charge in [-0.25, -0.2) is 0 Å². The van der Waals surface area contributed by atoms with Crippen LogP contribution < -0.4 is 10.2 Å². The maximum atomic E-state index is 6.03. The molecule has 0 aliphatic rings. The van der Waals surface area contributed by atoms with Crippen molar-refractivity contribution in [2.75, 3.05) is 43.6 Å². The average Bonchev–Trinajstić information content (AvgIpc) is 2.43. The van der Waals surface area contributed by atoms with Crippen molar-refractivity contribution < 1.29 is 8.85 Å². The molecule has 132 valence electrons. The van der Waals surface area contributed by atoms with Crippen LogP contribution in [0.1, 0.15) is 0 Å². The fourth-order valence-corrected chi connectivity index (χ4v) is 3.54. The highest BCUT2D eigenvalue weighted by molar-refractivity contribution is 6.70. The van der Waals surface area contributed by atoms with E-state index >= 15 is 0 Å². The fourth-order valence-electron chi connectivity index (χ4n) is 2.13. The lowest BCUT2D eigenvalue weighted by Gasteiger charge is -2.28. The highest BCUT2D eigenvalue weighted by Crippen LogP contribution is 2.18. The molecule has 0 bridgehead atoms. The third kappa shape index (κ3) is 9.15. The highest BCUT2D eigenvalue weighted by atomic mass is 28.4. The summed E-state index contributed by atoms with van der Waals surface area (Å²) in [6.45, 7) is 16.7. The molecule has 0 atom stereocenters. The van der Waals surface area contributed by atoms with Crippen LogP contribution in [0.25, 0.3) is 0 Å². The summed E-state index contributed by atoms with van der Waals surface area (Å²) < 4.78 is 12.1. The summed E-state index contributed by atoms with van der Waals surface area (Å²) in [4.78, 5) is 2.36. The summed E-state index contributed by atoms with van der Waals surface area (Å²) in [6.07, 6.45) is 0. The van der Waals surface area contributed by atoms with Gasteiger partial charge in [0, 0.05) is 31.5 Å². The van der Waals surface area contributed by atoms with Crippen molar-refractivity contribution in [1.82, 2.24) is 0 Å². The molecular formula is C17H34N2O2Si2. The van der Waals surface area contributed by atoms with Gasteiger partial charge in [0.1, 0.15) is 0 Å². The first-order chi connectivity index (χ1) is 10.6. The molecule has 0 saturated heterocycles. The topological polar surface area (TPSA) is 33.7 Å². The molecule has 1 aromatic rings. The molecule has 0 aliphatic carbocycles. The summed E-state index contributed by atoms with van der Waals surface area (Å²) in [7, 11) is -0.983. The van der Waals surface area contributed by atoms with Crippen LogP contribution >= 0.6 is 0 Å². The standard InChI is InChI=1S/C17H34N2O2Si2/c1-18-16-8-10-17(11-9-16)19(12-14-20-22(2,3)4)13-15-21-23(5,6)7/h8-11,18H,12-15H2,1-7H3. The van der Waals surface area contributed by atoms with E-state index in [0.29, 0.717) is 0 Å². The van der Waals surface area contributed by atoms with Gasteiger partial charge in [0.2, 0.25) is 0 Å². The summed E-state index contributed by atoms with van der Waals surface area (Å²) >= 11 is 0. The van der Waals surface area contributed by atoms with E-state index in [1.54, 1.807) is 0 Å². The first-order valence-electron chi connectivity index (χ1n) is 8.41. The Bertz CT molecular complexity index is 433. The van der Waals surface area contributed by atoms with E-state index in [0.717, 1.165) is 32.0 Å². The van der Waals surface area contributed by atoms with Crippen molar-refractivity contribution in [3.63, 3.8) is 0 Å². The van der Waals surface area contributed by atoms with Crippen LogP contribution in [0, 0.1) is 0 Å². The number of hydrogen-bond donors (Lipinski definition) is 1. The third-order valence-electron chi connectivity index (χ3n) is 3.31. The van der Waals surface area contributed by atoms with Crippen LogP contribution in [0.4, 0.5) is 11.4 Å². The monoisotopic (exact) mass is 354 g/mol. The SMILES string of the molecule is CNc1ccc(N(CCO[Si](C)(C)C)CCO[Si](C)(C)C)cc1. The number of nitrogens with zero attached hydrogens (tertiary/aromatic N) is 1. The number of nitrogens with one attached hydrogen (secondary N) is 1. The molecule has 0 aliphatic heterocycles. The Hall–Kier alpha value is -0.826. The fraction of sp³-hybridized carbons (Fsp3) is 0.647. The van der Waals surface area contributed by atoms with Crippen molar-refractivity contribution in [2.45, 2.75) is 39.3 Å². The van der Waals surface area contributed by atoms with Gasteiger partial charge in [-0.15, -0.1) is 0 Å². The molecule has 0 spiro atoms. The number of rotatable bonds is 10. The number of benzene rings is 1. The molecule has 0 unspecified atom stereocenters. The van der Waals surface area contributed by atoms with E-state index in [9.17, 15) is 0 Å². The van der Waals surface area contributed by atoms with E-state index in [4.69, 9.17) is 8.85 Å². The molecule has 0 radical (unpaired) electrons. The summed E-state index contributed by atoms with van der Waals surface area (Å²) in [5, 5.41) is 3.16. The van der Waals surface area contributed by atoms with E-state index in [1.807, 2.05) is 7.05 Å². The number of anilines is 2. The lowest BCUT2D eigenvalue weighted by molar-refractivity contribution is 0.297. The Balaban J connectivity index is 2.66.